The molecule has 142 valence electrons. The zero-order valence-electron chi connectivity index (χ0n) is 16.1. The first kappa shape index (κ1) is 17.9. The van der Waals surface area contributed by atoms with Gasteiger partial charge >= 0.3 is 5.97 Å². The Morgan fingerprint density at radius 1 is 1.27 bits per heavy atom. The van der Waals surface area contributed by atoms with Crippen LogP contribution in [0.2, 0.25) is 0 Å². The predicted octanol–water partition coefficient (Wildman–Crippen LogP) is 5.37. The number of carboxylic acids is 1. The van der Waals surface area contributed by atoms with E-state index in [0.717, 1.165) is 24.7 Å². The molecule has 2 N–H and O–H groups in total. The molecule has 26 heavy (non-hydrogen) atoms. The molecule has 2 fully saturated rings. The first-order valence-electron chi connectivity index (χ1n) is 10.4. The number of hydrogen-bond acceptors (Lipinski definition) is 2. The van der Waals surface area contributed by atoms with Crippen molar-refractivity contribution < 1.29 is 15.0 Å². The normalized spacial score (nSPS) is 36.7. The van der Waals surface area contributed by atoms with Crippen LogP contribution in [0.5, 0.6) is 5.75 Å². The summed E-state index contributed by atoms with van der Waals surface area (Å²) in [5.74, 6) is 3.12. The van der Waals surface area contributed by atoms with Gasteiger partial charge in [0.15, 0.2) is 0 Å². The Bertz CT molecular complexity index is 697. The third kappa shape index (κ3) is 2.84. The molecule has 0 bridgehead atoms. The Balaban J connectivity index is 1.55. The summed E-state index contributed by atoms with van der Waals surface area (Å²) in [5, 5.41) is 18.9. The Labute approximate surface area is 156 Å². The lowest BCUT2D eigenvalue weighted by Crippen LogP contribution is -2.43. The molecular formula is C23H32O3. The van der Waals surface area contributed by atoms with E-state index in [-0.39, 0.29) is 0 Å². The second-order valence-corrected chi connectivity index (χ2v) is 9.44. The van der Waals surface area contributed by atoms with E-state index < -0.39 is 5.97 Å². The van der Waals surface area contributed by atoms with E-state index in [2.05, 4.69) is 19.9 Å². The van der Waals surface area contributed by atoms with Crippen molar-refractivity contribution in [1.29, 1.82) is 0 Å². The van der Waals surface area contributed by atoms with Gasteiger partial charge in [0.05, 0.1) is 0 Å². The molecule has 0 heterocycles. The first-order chi connectivity index (χ1) is 12.4. The molecule has 0 spiro atoms. The number of aryl methyl sites for hydroxylation is 1. The van der Waals surface area contributed by atoms with E-state index in [0.29, 0.717) is 35.3 Å². The second-order valence-electron chi connectivity index (χ2n) is 9.44. The molecule has 2 saturated carbocycles. The van der Waals surface area contributed by atoms with Crippen LogP contribution in [0.25, 0.3) is 0 Å². The highest BCUT2D eigenvalue weighted by molar-refractivity contribution is 5.66. The lowest BCUT2D eigenvalue weighted by atomic mass is 9.53. The maximum Gasteiger partial charge on any atom is 0.303 e. The van der Waals surface area contributed by atoms with Crippen molar-refractivity contribution in [3.05, 3.63) is 29.3 Å². The molecule has 3 nitrogen and oxygen atoms in total. The number of carbonyl (C=O) groups is 1. The van der Waals surface area contributed by atoms with Gasteiger partial charge in [-0.25, -0.2) is 0 Å². The molecule has 0 aliphatic heterocycles. The Morgan fingerprint density at radius 3 is 2.85 bits per heavy atom. The standard InChI is InChI=1S/C23H32O3/c1-14(3-10-22(25)26)20-8-9-21-19-6-4-15-13-16(24)5-7-17(15)18(19)11-12-23(20,21)2/h5,7,13-14,18-21,24H,3-4,6,8-12H2,1-2H3,(H,25,26). The van der Waals surface area contributed by atoms with Gasteiger partial charge in [0, 0.05) is 6.42 Å². The third-order valence-corrected chi connectivity index (χ3v) is 8.28. The Kier molecular flexibility index (Phi) is 4.53. The molecule has 0 radical (unpaired) electrons. The maximum absolute atomic E-state index is 11.0. The number of carboxylic acid groups (broad SMARTS) is 1. The highest BCUT2D eigenvalue weighted by Crippen LogP contribution is 2.64. The molecule has 6 unspecified atom stereocenters. The molecular weight excluding hydrogens is 324 g/mol. The molecule has 0 aromatic heterocycles. The van der Waals surface area contributed by atoms with Crippen molar-refractivity contribution in [1.82, 2.24) is 0 Å². The second kappa shape index (κ2) is 6.58. The average molecular weight is 357 g/mol. The van der Waals surface area contributed by atoms with E-state index in [1.54, 1.807) is 0 Å². The van der Waals surface area contributed by atoms with E-state index in [4.69, 9.17) is 5.11 Å². The topological polar surface area (TPSA) is 57.5 Å². The van der Waals surface area contributed by atoms with Crippen LogP contribution in [0.15, 0.2) is 18.2 Å². The molecule has 3 aliphatic rings. The fourth-order valence-corrected chi connectivity index (χ4v) is 7.10. The van der Waals surface area contributed by atoms with Gasteiger partial charge in [-0.1, -0.05) is 19.9 Å². The molecule has 1 aromatic rings. The van der Waals surface area contributed by atoms with Crippen LogP contribution >= 0.6 is 0 Å². The molecule has 0 amide bonds. The zero-order valence-corrected chi connectivity index (χ0v) is 16.1. The summed E-state index contributed by atoms with van der Waals surface area (Å²) in [7, 11) is 0. The Hall–Kier alpha value is -1.51. The molecule has 6 atom stereocenters. The summed E-state index contributed by atoms with van der Waals surface area (Å²) in [5.41, 5.74) is 3.23. The number of hydrogen-bond donors (Lipinski definition) is 2. The van der Waals surface area contributed by atoms with Gasteiger partial charge in [-0.3, -0.25) is 4.79 Å². The number of benzene rings is 1. The minimum absolute atomic E-state index is 0.307. The van der Waals surface area contributed by atoms with Crippen LogP contribution in [-0.2, 0) is 11.2 Å². The van der Waals surface area contributed by atoms with Gasteiger partial charge in [-0.2, -0.15) is 0 Å². The number of aliphatic carboxylic acids is 1. The minimum Gasteiger partial charge on any atom is -0.508 e. The van der Waals surface area contributed by atoms with Crippen molar-refractivity contribution >= 4 is 5.97 Å². The number of fused-ring (bicyclic) bond motifs is 5. The smallest absolute Gasteiger partial charge is 0.303 e. The van der Waals surface area contributed by atoms with Crippen molar-refractivity contribution in [3.8, 4) is 5.75 Å². The van der Waals surface area contributed by atoms with Gasteiger partial charge < -0.3 is 10.2 Å². The molecule has 0 saturated heterocycles. The number of phenolic OH excluding ortho intramolecular Hbond substituents is 1. The van der Waals surface area contributed by atoms with Crippen LogP contribution in [0.1, 0.15) is 75.8 Å². The van der Waals surface area contributed by atoms with Crippen molar-refractivity contribution in [2.75, 3.05) is 0 Å². The van der Waals surface area contributed by atoms with Crippen LogP contribution in [0.4, 0.5) is 0 Å². The number of aromatic hydroxyl groups is 1. The largest absolute Gasteiger partial charge is 0.508 e. The first-order valence-corrected chi connectivity index (χ1v) is 10.4. The summed E-state index contributed by atoms with van der Waals surface area (Å²) < 4.78 is 0. The van der Waals surface area contributed by atoms with Crippen molar-refractivity contribution in [3.63, 3.8) is 0 Å². The van der Waals surface area contributed by atoms with Crippen LogP contribution in [0, 0.1) is 29.1 Å². The summed E-state index contributed by atoms with van der Waals surface area (Å²) >= 11 is 0. The van der Waals surface area contributed by atoms with Gasteiger partial charge in [0.1, 0.15) is 5.75 Å². The third-order valence-electron chi connectivity index (χ3n) is 8.28. The van der Waals surface area contributed by atoms with Crippen LogP contribution in [0.3, 0.4) is 0 Å². The highest BCUT2D eigenvalue weighted by Gasteiger charge is 2.55. The van der Waals surface area contributed by atoms with E-state index >= 15 is 0 Å². The van der Waals surface area contributed by atoms with Gasteiger partial charge in [0.25, 0.3) is 0 Å². The average Bonchev–Trinajstić information content (AvgIpc) is 2.96. The monoisotopic (exact) mass is 356 g/mol. The van der Waals surface area contributed by atoms with Gasteiger partial charge in [0.2, 0.25) is 0 Å². The minimum atomic E-state index is -0.660. The van der Waals surface area contributed by atoms with Crippen molar-refractivity contribution in [2.24, 2.45) is 29.1 Å². The molecule has 3 aliphatic carbocycles. The molecule has 3 heteroatoms. The highest BCUT2D eigenvalue weighted by atomic mass is 16.4. The molecule has 1 aromatic carbocycles. The fraction of sp³-hybridized carbons (Fsp3) is 0.696. The summed E-state index contributed by atoms with van der Waals surface area (Å²) in [6, 6.07) is 6.01. The molecule has 4 rings (SSSR count). The van der Waals surface area contributed by atoms with Crippen LogP contribution < -0.4 is 0 Å². The lowest BCUT2D eigenvalue weighted by molar-refractivity contribution is -0.137. The van der Waals surface area contributed by atoms with E-state index in [1.165, 1.54) is 43.2 Å². The maximum atomic E-state index is 11.0. The predicted molar refractivity (Wildman–Crippen MR) is 102 cm³/mol. The summed E-state index contributed by atoms with van der Waals surface area (Å²) in [6.45, 7) is 4.79. The van der Waals surface area contributed by atoms with Crippen LogP contribution in [-0.4, -0.2) is 16.2 Å². The quantitative estimate of drug-likeness (QED) is 0.763. The summed E-state index contributed by atoms with van der Waals surface area (Å²) in [4.78, 5) is 11.0. The fourth-order valence-electron chi connectivity index (χ4n) is 7.10. The van der Waals surface area contributed by atoms with Gasteiger partial charge in [-0.15, -0.1) is 0 Å². The lowest BCUT2D eigenvalue weighted by Gasteiger charge is -2.52. The van der Waals surface area contributed by atoms with Gasteiger partial charge in [-0.05, 0) is 103 Å². The number of phenols is 1. The Morgan fingerprint density at radius 2 is 2.08 bits per heavy atom. The van der Waals surface area contributed by atoms with Crippen molar-refractivity contribution in [2.45, 2.75) is 71.1 Å². The zero-order chi connectivity index (χ0) is 18.5. The number of rotatable bonds is 4. The van der Waals surface area contributed by atoms with E-state index in [1.807, 2.05) is 12.1 Å². The summed E-state index contributed by atoms with van der Waals surface area (Å²) in [6.07, 6.45) is 8.56. The van der Waals surface area contributed by atoms with E-state index in [9.17, 15) is 9.90 Å². The SMILES string of the molecule is CC(CCC(=O)O)C1CCC2C3CCc4cc(O)ccc4C3CCC12C.